The fourth-order valence-corrected chi connectivity index (χ4v) is 3.60. The highest BCUT2D eigenvalue weighted by molar-refractivity contribution is 5.96. The largest absolute Gasteiger partial charge is 0.493 e. The number of hydrogen-bond acceptors (Lipinski definition) is 5. The number of carbonyl (C=O) groups excluding carboxylic acids is 2. The van der Waals surface area contributed by atoms with E-state index in [-0.39, 0.29) is 17.9 Å². The first-order chi connectivity index (χ1) is 15.0. The van der Waals surface area contributed by atoms with E-state index in [4.69, 9.17) is 14.2 Å². The zero-order chi connectivity index (χ0) is 22.2. The predicted octanol–water partition coefficient (Wildman–Crippen LogP) is 3.15. The summed E-state index contributed by atoms with van der Waals surface area (Å²) in [5.74, 6) is 1.10. The van der Waals surface area contributed by atoms with Crippen molar-refractivity contribution >= 4 is 17.9 Å². The molecule has 1 saturated heterocycles. The Balaban J connectivity index is 1.57. The van der Waals surface area contributed by atoms with Crippen LogP contribution in [0.5, 0.6) is 17.2 Å². The molecule has 7 heteroatoms. The number of carbonyl (C=O) groups is 2. The van der Waals surface area contributed by atoms with Gasteiger partial charge in [-0.25, -0.2) is 0 Å². The number of amides is 2. The number of likely N-dealkylation sites (tertiary alicyclic amines) is 1. The molecule has 164 valence electrons. The van der Waals surface area contributed by atoms with Crippen LogP contribution in [-0.2, 0) is 4.79 Å². The maximum Gasteiger partial charge on any atom is 0.254 e. The van der Waals surface area contributed by atoms with Crippen LogP contribution in [0.2, 0.25) is 0 Å². The SMILES string of the molecule is COc1cc(C(=O)N2CCC(NC(=O)/C=C/c3ccccc3)CC2)cc(OC)c1OC. The van der Waals surface area contributed by atoms with Crippen LogP contribution in [0.3, 0.4) is 0 Å². The Kier molecular flexibility index (Phi) is 7.54. The van der Waals surface area contributed by atoms with Gasteiger partial charge in [0.1, 0.15) is 0 Å². The minimum atomic E-state index is -0.127. The van der Waals surface area contributed by atoms with Crippen molar-refractivity contribution in [2.24, 2.45) is 0 Å². The Morgan fingerprint density at radius 2 is 1.58 bits per heavy atom. The van der Waals surface area contributed by atoms with E-state index in [1.165, 1.54) is 21.3 Å². The second-order valence-electron chi connectivity index (χ2n) is 7.23. The molecule has 0 aromatic heterocycles. The molecule has 0 bridgehead atoms. The molecule has 0 unspecified atom stereocenters. The molecular weight excluding hydrogens is 396 g/mol. The van der Waals surface area contributed by atoms with E-state index in [0.29, 0.717) is 48.7 Å². The first kappa shape index (κ1) is 22.2. The Bertz CT molecular complexity index is 909. The van der Waals surface area contributed by atoms with Gasteiger partial charge in [-0.1, -0.05) is 30.3 Å². The summed E-state index contributed by atoms with van der Waals surface area (Å²) in [4.78, 5) is 27.0. The molecule has 2 aromatic rings. The van der Waals surface area contributed by atoms with Crippen molar-refractivity contribution < 1.29 is 23.8 Å². The fraction of sp³-hybridized carbons (Fsp3) is 0.333. The highest BCUT2D eigenvalue weighted by Crippen LogP contribution is 2.38. The third kappa shape index (κ3) is 5.57. The topological polar surface area (TPSA) is 77.1 Å². The van der Waals surface area contributed by atoms with E-state index in [9.17, 15) is 9.59 Å². The first-order valence-electron chi connectivity index (χ1n) is 10.2. The zero-order valence-corrected chi connectivity index (χ0v) is 18.1. The average Bonchev–Trinajstić information content (AvgIpc) is 2.82. The number of piperidine rings is 1. The van der Waals surface area contributed by atoms with Gasteiger partial charge in [0.25, 0.3) is 5.91 Å². The minimum Gasteiger partial charge on any atom is -0.493 e. The molecule has 1 aliphatic heterocycles. The Morgan fingerprint density at radius 1 is 0.968 bits per heavy atom. The van der Waals surface area contributed by atoms with Gasteiger partial charge in [0.2, 0.25) is 11.7 Å². The molecule has 3 rings (SSSR count). The van der Waals surface area contributed by atoms with Crippen LogP contribution in [0.4, 0.5) is 0 Å². The van der Waals surface area contributed by atoms with Gasteiger partial charge in [0.05, 0.1) is 21.3 Å². The maximum atomic E-state index is 13.0. The lowest BCUT2D eigenvalue weighted by atomic mass is 10.0. The summed E-state index contributed by atoms with van der Waals surface area (Å²) in [6.45, 7) is 1.12. The monoisotopic (exact) mass is 424 g/mol. The average molecular weight is 424 g/mol. The van der Waals surface area contributed by atoms with E-state index in [1.807, 2.05) is 30.3 Å². The Labute approximate surface area is 182 Å². The highest BCUT2D eigenvalue weighted by atomic mass is 16.5. The third-order valence-electron chi connectivity index (χ3n) is 5.27. The molecule has 2 aromatic carbocycles. The van der Waals surface area contributed by atoms with Crippen molar-refractivity contribution in [3.63, 3.8) is 0 Å². The van der Waals surface area contributed by atoms with E-state index in [1.54, 1.807) is 29.2 Å². The number of ether oxygens (including phenoxy) is 3. The summed E-state index contributed by atoms with van der Waals surface area (Å²) in [6.07, 6.45) is 4.73. The molecule has 7 nitrogen and oxygen atoms in total. The lowest BCUT2D eigenvalue weighted by molar-refractivity contribution is -0.117. The highest BCUT2D eigenvalue weighted by Gasteiger charge is 2.26. The van der Waals surface area contributed by atoms with Crippen LogP contribution in [0.25, 0.3) is 6.08 Å². The van der Waals surface area contributed by atoms with Gasteiger partial charge in [0.15, 0.2) is 11.5 Å². The van der Waals surface area contributed by atoms with Gasteiger partial charge < -0.3 is 24.4 Å². The number of methoxy groups -OCH3 is 3. The normalized spacial score (nSPS) is 14.4. The summed E-state index contributed by atoms with van der Waals surface area (Å²) in [7, 11) is 4.56. The van der Waals surface area contributed by atoms with Gasteiger partial charge in [-0.05, 0) is 36.6 Å². The van der Waals surface area contributed by atoms with Crippen LogP contribution in [0.15, 0.2) is 48.5 Å². The minimum absolute atomic E-state index is 0.0388. The molecular formula is C24H28N2O5. The second-order valence-corrected chi connectivity index (χ2v) is 7.23. The third-order valence-corrected chi connectivity index (χ3v) is 5.27. The molecule has 1 aliphatic rings. The number of benzene rings is 2. The number of nitrogens with one attached hydrogen (secondary N) is 1. The predicted molar refractivity (Wildman–Crippen MR) is 119 cm³/mol. The number of hydrogen-bond donors (Lipinski definition) is 1. The standard InChI is InChI=1S/C24H28N2O5/c1-29-20-15-18(16-21(30-2)23(20)31-3)24(28)26-13-11-19(12-14-26)25-22(27)10-9-17-7-5-4-6-8-17/h4-10,15-16,19H,11-14H2,1-3H3,(H,25,27)/b10-9+. The van der Waals surface area contributed by atoms with Crippen molar-refractivity contribution in [1.29, 1.82) is 0 Å². The van der Waals surface area contributed by atoms with E-state index in [2.05, 4.69) is 5.32 Å². The van der Waals surface area contributed by atoms with Gasteiger partial charge in [-0.2, -0.15) is 0 Å². The van der Waals surface area contributed by atoms with Crippen LogP contribution in [-0.4, -0.2) is 57.2 Å². The van der Waals surface area contributed by atoms with Crippen LogP contribution in [0, 0.1) is 0 Å². The number of nitrogens with zero attached hydrogens (tertiary/aromatic N) is 1. The Morgan fingerprint density at radius 3 is 2.13 bits per heavy atom. The molecule has 0 spiro atoms. The zero-order valence-electron chi connectivity index (χ0n) is 18.1. The molecule has 0 saturated carbocycles. The van der Waals surface area contributed by atoms with E-state index in [0.717, 1.165) is 5.56 Å². The van der Waals surface area contributed by atoms with Crippen molar-refractivity contribution in [2.75, 3.05) is 34.4 Å². The van der Waals surface area contributed by atoms with Crippen LogP contribution >= 0.6 is 0 Å². The van der Waals surface area contributed by atoms with E-state index >= 15 is 0 Å². The van der Waals surface area contributed by atoms with Crippen molar-refractivity contribution in [2.45, 2.75) is 18.9 Å². The van der Waals surface area contributed by atoms with Crippen LogP contribution < -0.4 is 19.5 Å². The van der Waals surface area contributed by atoms with Crippen molar-refractivity contribution in [1.82, 2.24) is 10.2 Å². The lowest BCUT2D eigenvalue weighted by Gasteiger charge is -2.32. The summed E-state index contributed by atoms with van der Waals surface area (Å²) < 4.78 is 16.0. The maximum absolute atomic E-state index is 13.0. The molecule has 0 radical (unpaired) electrons. The van der Waals surface area contributed by atoms with Gasteiger partial charge in [0, 0.05) is 30.8 Å². The molecule has 0 aliphatic carbocycles. The molecule has 31 heavy (non-hydrogen) atoms. The summed E-state index contributed by atoms with van der Waals surface area (Å²) in [5, 5.41) is 3.02. The van der Waals surface area contributed by atoms with Gasteiger partial charge in [-0.3, -0.25) is 9.59 Å². The number of rotatable bonds is 7. The van der Waals surface area contributed by atoms with Crippen molar-refractivity contribution in [3.05, 3.63) is 59.7 Å². The molecule has 1 N–H and O–H groups in total. The summed E-state index contributed by atoms with van der Waals surface area (Å²) in [6, 6.07) is 13.0. The van der Waals surface area contributed by atoms with Crippen molar-refractivity contribution in [3.8, 4) is 17.2 Å². The van der Waals surface area contributed by atoms with Gasteiger partial charge >= 0.3 is 0 Å². The van der Waals surface area contributed by atoms with Crippen LogP contribution in [0.1, 0.15) is 28.8 Å². The molecule has 2 amide bonds. The quantitative estimate of drug-likeness (QED) is 0.691. The summed E-state index contributed by atoms with van der Waals surface area (Å²) >= 11 is 0. The molecule has 1 heterocycles. The van der Waals surface area contributed by atoms with Gasteiger partial charge in [-0.15, -0.1) is 0 Å². The molecule has 0 atom stereocenters. The fourth-order valence-electron chi connectivity index (χ4n) is 3.60. The summed E-state index contributed by atoms with van der Waals surface area (Å²) in [5.41, 5.74) is 1.45. The molecule has 1 fully saturated rings. The lowest BCUT2D eigenvalue weighted by Crippen LogP contribution is -2.46. The first-order valence-corrected chi connectivity index (χ1v) is 10.2. The Hall–Kier alpha value is -3.48. The van der Waals surface area contributed by atoms with E-state index < -0.39 is 0 Å². The smallest absolute Gasteiger partial charge is 0.254 e. The second kappa shape index (κ2) is 10.5.